The molecule has 0 radical (unpaired) electrons. The first-order valence-electron chi connectivity index (χ1n) is 6.46. The Labute approximate surface area is 113 Å². The monoisotopic (exact) mass is 273 g/mol. The molecule has 1 saturated heterocycles. The number of nitrogens with one attached hydrogen (secondary N) is 1. The molecule has 110 valence electrons. The van der Waals surface area contributed by atoms with Crippen LogP contribution >= 0.6 is 0 Å². The quantitative estimate of drug-likeness (QED) is 0.682. The number of ether oxygens (including phenoxy) is 1. The van der Waals surface area contributed by atoms with Crippen LogP contribution in [0.5, 0.6) is 0 Å². The molecule has 2 N–H and O–H groups in total. The molecule has 0 atom stereocenters. The van der Waals surface area contributed by atoms with Crippen LogP contribution in [-0.2, 0) is 4.74 Å². The van der Waals surface area contributed by atoms with E-state index in [4.69, 9.17) is 9.84 Å². The highest BCUT2D eigenvalue weighted by Crippen LogP contribution is 2.10. The number of carbonyl (C=O) groups excluding carboxylic acids is 1. The van der Waals surface area contributed by atoms with Gasteiger partial charge in [0.25, 0.3) is 0 Å². The summed E-state index contributed by atoms with van der Waals surface area (Å²) in [6, 6.07) is 0. The van der Waals surface area contributed by atoms with Gasteiger partial charge in [-0.2, -0.15) is 0 Å². The second-order valence-electron chi connectivity index (χ2n) is 5.49. The molecule has 0 aromatic carbocycles. The molecule has 0 aliphatic carbocycles. The second-order valence-corrected chi connectivity index (χ2v) is 5.49. The number of hydrogen-bond acceptors (Lipinski definition) is 4. The number of amides is 2. The van der Waals surface area contributed by atoms with Crippen LogP contribution in [0.4, 0.5) is 9.59 Å². The van der Waals surface area contributed by atoms with Crippen LogP contribution in [0, 0.1) is 0 Å². The van der Waals surface area contributed by atoms with Crippen molar-refractivity contribution in [2.45, 2.75) is 26.4 Å². The summed E-state index contributed by atoms with van der Waals surface area (Å²) in [5.74, 6) is 0. The summed E-state index contributed by atoms with van der Waals surface area (Å²) < 4.78 is 5.30. The van der Waals surface area contributed by atoms with Crippen molar-refractivity contribution < 1.29 is 19.4 Å². The molecule has 0 spiro atoms. The van der Waals surface area contributed by atoms with Crippen LogP contribution in [0.15, 0.2) is 0 Å². The number of carbonyl (C=O) groups is 2. The zero-order valence-corrected chi connectivity index (χ0v) is 11.8. The van der Waals surface area contributed by atoms with E-state index in [0.717, 1.165) is 0 Å². The molecular formula is C12H23N3O4. The Morgan fingerprint density at radius 2 is 1.58 bits per heavy atom. The fourth-order valence-corrected chi connectivity index (χ4v) is 1.72. The van der Waals surface area contributed by atoms with Crippen molar-refractivity contribution in [2.24, 2.45) is 0 Å². The Morgan fingerprint density at radius 1 is 1.05 bits per heavy atom. The summed E-state index contributed by atoms with van der Waals surface area (Å²) in [4.78, 5) is 25.8. The van der Waals surface area contributed by atoms with E-state index < -0.39 is 17.8 Å². The van der Waals surface area contributed by atoms with Gasteiger partial charge in [0.05, 0.1) is 0 Å². The molecule has 2 amide bonds. The predicted octanol–water partition coefficient (Wildman–Crippen LogP) is 0.807. The topological polar surface area (TPSA) is 82.1 Å². The fraction of sp³-hybridized carbons (Fsp3) is 0.833. The summed E-state index contributed by atoms with van der Waals surface area (Å²) in [5, 5.41) is 12.1. The molecule has 0 saturated carbocycles. The van der Waals surface area contributed by atoms with Crippen molar-refractivity contribution in [3.8, 4) is 0 Å². The van der Waals surface area contributed by atoms with Crippen molar-refractivity contribution in [3.05, 3.63) is 0 Å². The van der Waals surface area contributed by atoms with Crippen LogP contribution in [0.25, 0.3) is 0 Å². The lowest BCUT2D eigenvalue weighted by atomic mass is 10.2. The Bertz CT molecular complexity index is 327. The van der Waals surface area contributed by atoms with Gasteiger partial charge in [0, 0.05) is 39.3 Å². The number of nitrogens with zero attached hydrogens (tertiary/aromatic N) is 2. The van der Waals surface area contributed by atoms with Gasteiger partial charge in [-0.25, -0.2) is 9.59 Å². The Morgan fingerprint density at radius 3 is 2.11 bits per heavy atom. The minimum absolute atomic E-state index is 0.302. The summed E-state index contributed by atoms with van der Waals surface area (Å²) >= 11 is 0. The highest BCUT2D eigenvalue weighted by Gasteiger charge is 2.23. The maximum absolute atomic E-state index is 12.0. The average molecular weight is 273 g/mol. The van der Waals surface area contributed by atoms with Crippen LogP contribution in [0.2, 0.25) is 0 Å². The second kappa shape index (κ2) is 6.60. The van der Waals surface area contributed by atoms with Crippen molar-refractivity contribution in [1.82, 2.24) is 15.1 Å². The molecule has 19 heavy (non-hydrogen) atoms. The molecule has 1 fully saturated rings. The summed E-state index contributed by atoms with van der Waals surface area (Å²) in [7, 11) is 0. The maximum Gasteiger partial charge on any atom is 0.410 e. The standard InChI is InChI=1S/C12H23N3O4/c1-12(2,3)19-11(18)15-7-5-13-4-6-14(8-9-15)10(16)17/h13H,4-9H2,1-3H3,(H,16,17). The van der Waals surface area contributed by atoms with E-state index in [0.29, 0.717) is 39.3 Å². The molecule has 1 aliphatic heterocycles. The third-order valence-electron chi connectivity index (χ3n) is 2.68. The fourth-order valence-electron chi connectivity index (χ4n) is 1.72. The van der Waals surface area contributed by atoms with Gasteiger partial charge in [-0.05, 0) is 20.8 Å². The largest absolute Gasteiger partial charge is 0.465 e. The van der Waals surface area contributed by atoms with Crippen molar-refractivity contribution in [3.63, 3.8) is 0 Å². The molecule has 0 unspecified atom stereocenters. The van der Waals surface area contributed by atoms with E-state index in [1.807, 2.05) is 20.8 Å². The number of hydrogen-bond donors (Lipinski definition) is 2. The third-order valence-corrected chi connectivity index (χ3v) is 2.68. The summed E-state index contributed by atoms with van der Waals surface area (Å²) in [6.07, 6.45) is -1.37. The van der Waals surface area contributed by atoms with Gasteiger partial charge in [-0.1, -0.05) is 0 Å². The lowest BCUT2D eigenvalue weighted by molar-refractivity contribution is 0.0241. The van der Waals surface area contributed by atoms with Crippen LogP contribution in [-0.4, -0.2) is 72.0 Å². The van der Waals surface area contributed by atoms with Crippen LogP contribution < -0.4 is 5.32 Å². The first kappa shape index (κ1) is 15.6. The Hall–Kier alpha value is -1.50. The molecule has 0 bridgehead atoms. The number of rotatable bonds is 0. The molecular weight excluding hydrogens is 250 g/mol. The molecule has 1 rings (SSSR count). The molecule has 1 aliphatic rings. The molecule has 7 heteroatoms. The molecule has 7 nitrogen and oxygen atoms in total. The minimum atomic E-state index is -0.965. The first-order valence-corrected chi connectivity index (χ1v) is 6.46. The van der Waals surface area contributed by atoms with Gasteiger partial charge in [0.2, 0.25) is 0 Å². The SMILES string of the molecule is CC(C)(C)OC(=O)N1CCNCCN(C(=O)O)CC1. The average Bonchev–Trinajstić information content (AvgIpc) is 2.37. The van der Waals surface area contributed by atoms with Gasteiger partial charge >= 0.3 is 12.2 Å². The lowest BCUT2D eigenvalue weighted by Gasteiger charge is -2.28. The van der Waals surface area contributed by atoms with Crippen molar-refractivity contribution in [1.29, 1.82) is 0 Å². The minimum Gasteiger partial charge on any atom is -0.465 e. The first-order chi connectivity index (χ1) is 8.79. The Balaban J connectivity index is 2.61. The van der Waals surface area contributed by atoms with E-state index in [1.54, 1.807) is 4.90 Å². The van der Waals surface area contributed by atoms with Gasteiger partial charge in [0.1, 0.15) is 5.60 Å². The lowest BCUT2D eigenvalue weighted by Crippen LogP contribution is -2.43. The number of carboxylic acid groups (broad SMARTS) is 1. The Kier molecular flexibility index (Phi) is 5.41. The summed E-state index contributed by atoms with van der Waals surface area (Å²) in [6.45, 7) is 8.25. The predicted molar refractivity (Wildman–Crippen MR) is 70.3 cm³/mol. The van der Waals surface area contributed by atoms with E-state index in [1.165, 1.54) is 4.90 Å². The van der Waals surface area contributed by atoms with Gasteiger partial charge in [0.15, 0.2) is 0 Å². The highest BCUT2D eigenvalue weighted by molar-refractivity contribution is 5.68. The summed E-state index contributed by atoms with van der Waals surface area (Å²) in [5.41, 5.74) is -0.546. The normalized spacial score (nSPS) is 18.3. The van der Waals surface area contributed by atoms with Crippen LogP contribution in [0.3, 0.4) is 0 Å². The van der Waals surface area contributed by atoms with E-state index in [2.05, 4.69) is 5.32 Å². The van der Waals surface area contributed by atoms with E-state index in [9.17, 15) is 9.59 Å². The highest BCUT2D eigenvalue weighted by atomic mass is 16.6. The molecule has 0 aromatic rings. The zero-order valence-electron chi connectivity index (χ0n) is 11.8. The van der Waals surface area contributed by atoms with Crippen molar-refractivity contribution >= 4 is 12.2 Å². The zero-order chi connectivity index (χ0) is 14.5. The van der Waals surface area contributed by atoms with E-state index in [-0.39, 0.29) is 0 Å². The van der Waals surface area contributed by atoms with Gasteiger partial charge in [-0.3, -0.25) is 0 Å². The van der Waals surface area contributed by atoms with Crippen molar-refractivity contribution in [2.75, 3.05) is 39.3 Å². The molecule has 0 aromatic heterocycles. The third kappa shape index (κ3) is 5.78. The van der Waals surface area contributed by atoms with Gasteiger partial charge in [-0.15, -0.1) is 0 Å². The smallest absolute Gasteiger partial charge is 0.410 e. The maximum atomic E-state index is 12.0. The molecule has 1 heterocycles. The van der Waals surface area contributed by atoms with E-state index >= 15 is 0 Å². The van der Waals surface area contributed by atoms with Gasteiger partial charge < -0.3 is 25.0 Å². The van der Waals surface area contributed by atoms with Crippen LogP contribution in [0.1, 0.15) is 20.8 Å².